The lowest BCUT2D eigenvalue weighted by atomic mass is 10.0. The molecule has 2 N–H and O–H groups in total. The fourth-order valence-corrected chi connectivity index (χ4v) is 10.5. The molecule has 0 fully saturated rings. The second-order valence-corrected chi connectivity index (χ2v) is 15.1. The first kappa shape index (κ1) is 30.4. The predicted octanol–water partition coefficient (Wildman–Crippen LogP) is 10.00. The molecule has 0 unspecified atom stereocenters. The number of rotatable bonds is 6. The summed E-state index contributed by atoms with van der Waals surface area (Å²) in [5, 5.41) is 1.52. The second kappa shape index (κ2) is 11.5. The molecule has 3 aromatic carbocycles. The van der Waals surface area contributed by atoms with Gasteiger partial charge in [-0.3, -0.25) is 0 Å². The highest BCUT2D eigenvalue weighted by Gasteiger charge is 2.19. The zero-order chi connectivity index (χ0) is 34.3. The maximum atomic E-state index is 13.0. The molecule has 246 valence electrons. The molecule has 0 saturated carbocycles. The van der Waals surface area contributed by atoms with Crippen molar-refractivity contribution in [3.63, 3.8) is 0 Å². The summed E-state index contributed by atoms with van der Waals surface area (Å²) < 4.78 is 29.2. The topological polar surface area (TPSA) is 110 Å². The number of nitrogens with two attached hydrogens (primary N) is 1. The van der Waals surface area contributed by atoms with E-state index in [0.717, 1.165) is 37.7 Å². The van der Waals surface area contributed by atoms with Gasteiger partial charge in [-0.2, -0.15) is 0 Å². The van der Waals surface area contributed by atoms with Crippen LogP contribution in [0, 0.1) is 0 Å². The molecular formula is C39H26N2O6S3. The van der Waals surface area contributed by atoms with Gasteiger partial charge in [0.05, 0.1) is 56.4 Å². The Morgan fingerprint density at radius 2 is 1.32 bits per heavy atom. The first-order chi connectivity index (χ1) is 24.3. The van der Waals surface area contributed by atoms with Gasteiger partial charge in [0.2, 0.25) is 0 Å². The predicted molar refractivity (Wildman–Crippen MR) is 205 cm³/mol. The molecule has 50 heavy (non-hydrogen) atoms. The number of hydrogen-bond donors (Lipinski definition) is 1. The van der Waals surface area contributed by atoms with E-state index < -0.39 is 11.3 Å². The van der Waals surface area contributed by atoms with E-state index in [4.69, 9.17) is 24.0 Å². The summed E-state index contributed by atoms with van der Waals surface area (Å²) in [5.74, 6) is 1.12. The van der Waals surface area contributed by atoms with Crippen molar-refractivity contribution in [1.82, 2.24) is 4.57 Å². The quantitative estimate of drug-likeness (QED) is 0.135. The minimum atomic E-state index is -0.426. The van der Waals surface area contributed by atoms with E-state index in [0.29, 0.717) is 44.9 Å². The standard InChI is InChI=1S/C39H26N2O6S3/c1-41-27(25-12-21-8-9-22(40)13-29(21)46-39(25)43)10-11-28(41)33-18-35-37(50-33)36-34(48-35)17-32(49-36)20-6-4-19(5-7-20)24-16-26-30(45-3)14-23(44-2)15-31(26)47-38(24)42/h4-18H,40H2,1-3H3. The Morgan fingerprint density at radius 3 is 2.08 bits per heavy atom. The fraction of sp³-hybridized carbons (Fsp3) is 0.0769. The number of fused-ring (bicyclic) bond motifs is 5. The number of benzene rings is 3. The summed E-state index contributed by atoms with van der Waals surface area (Å²) >= 11 is 5.30. The van der Waals surface area contributed by atoms with Crippen LogP contribution in [0.15, 0.2) is 109 Å². The third kappa shape index (κ3) is 4.85. The van der Waals surface area contributed by atoms with Crippen molar-refractivity contribution in [2.24, 2.45) is 7.05 Å². The lowest BCUT2D eigenvalue weighted by molar-refractivity contribution is 0.396. The third-order valence-corrected chi connectivity index (χ3v) is 12.8. The minimum absolute atomic E-state index is 0.397. The van der Waals surface area contributed by atoms with E-state index in [-0.39, 0.29) is 0 Å². The van der Waals surface area contributed by atoms with Gasteiger partial charge in [0.15, 0.2) is 0 Å². The number of hydrogen-bond acceptors (Lipinski definition) is 10. The molecule has 6 heterocycles. The molecule has 0 spiro atoms. The van der Waals surface area contributed by atoms with Gasteiger partial charge in [-0.05, 0) is 59.7 Å². The van der Waals surface area contributed by atoms with Crippen molar-refractivity contribution >= 4 is 80.4 Å². The second-order valence-electron chi connectivity index (χ2n) is 11.9. The van der Waals surface area contributed by atoms with Crippen LogP contribution in [-0.4, -0.2) is 18.8 Å². The molecule has 9 rings (SSSR count). The molecule has 9 aromatic rings. The normalized spacial score (nSPS) is 11.7. The highest BCUT2D eigenvalue weighted by atomic mass is 32.1. The Labute approximate surface area is 295 Å². The molecule has 0 bridgehead atoms. The third-order valence-electron chi connectivity index (χ3n) is 8.96. The molecule has 6 aromatic heterocycles. The summed E-state index contributed by atoms with van der Waals surface area (Å²) in [7, 11) is 5.11. The Bertz CT molecular complexity index is 2920. The highest BCUT2D eigenvalue weighted by Crippen LogP contribution is 2.48. The van der Waals surface area contributed by atoms with Crippen LogP contribution in [0.1, 0.15) is 0 Å². The Hall–Kier alpha value is -5.62. The molecule has 11 heteroatoms. The monoisotopic (exact) mass is 714 g/mol. The van der Waals surface area contributed by atoms with E-state index in [1.165, 1.54) is 18.8 Å². The molecule has 0 aliphatic rings. The van der Waals surface area contributed by atoms with Crippen LogP contribution in [-0.2, 0) is 7.05 Å². The number of thiophene rings is 3. The molecule has 0 amide bonds. The van der Waals surface area contributed by atoms with Gasteiger partial charge in [0.1, 0.15) is 22.7 Å². The Balaban J connectivity index is 1.03. The van der Waals surface area contributed by atoms with E-state index in [1.807, 2.05) is 60.1 Å². The SMILES string of the molecule is COc1cc(OC)c2cc(-c3ccc(-c4cc5sc6cc(-c7ccc(-c8cc9ccc(N)cc9oc8=O)n7C)sc6c5s4)cc3)c(=O)oc2c1. The van der Waals surface area contributed by atoms with Crippen molar-refractivity contribution in [3.8, 4) is 54.9 Å². The summed E-state index contributed by atoms with van der Waals surface area (Å²) in [6.07, 6.45) is 0. The van der Waals surface area contributed by atoms with Gasteiger partial charge in [-0.1, -0.05) is 24.3 Å². The molecule has 0 aliphatic heterocycles. The number of nitrogens with zero attached hydrogens (tertiary/aromatic N) is 1. The summed E-state index contributed by atoms with van der Waals surface area (Å²) in [4.78, 5) is 28.2. The average Bonchev–Trinajstić information content (AvgIpc) is 3.88. The molecular weight excluding hydrogens is 689 g/mol. The molecule has 0 atom stereocenters. The first-order valence-corrected chi connectivity index (χ1v) is 18.0. The average molecular weight is 715 g/mol. The summed E-state index contributed by atoms with van der Waals surface area (Å²) in [5.41, 5.74) is 11.1. The maximum Gasteiger partial charge on any atom is 0.345 e. The van der Waals surface area contributed by atoms with E-state index >= 15 is 0 Å². The number of aromatic nitrogens is 1. The smallest absolute Gasteiger partial charge is 0.345 e. The number of nitrogen functional groups attached to an aromatic ring is 1. The lowest BCUT2D eigenvalue weighted by Crippen LogP contribution is -2.06. The Kier molecular flexibility index (Phi) is 6.99. The van der Waals surface area contributed by atoms with Crippen molar-refractivity contribution < 1.29 is 18.3 Å². The van der Waals surface area contributed by atoms with Crippen LogP contribution in [0.5, 0.6) is 11.5 Å². The van der Waals surface area contributed by atoms with Gasteiger partial charge in [-0.25, -0.2) is 9.59 Å². The number of ether oxygens (including phenoxy) is 2. The van der Waals surface area contributed by atoms with E-state index in [9.17, 15) is 9.59 Å². The van der Waals surface area contributed by atoms with Gasteiger partial charge < -0.3 is 28.6 Å². The summed E-state index contributed by atoms with van der Waals surface area (Å²) in [6.45, 7) is 0. The first-order valence-electron chi connectivity index (χ1n) is 15.5. The molecule has 0 saturated heterocycles. The van der Waals surface area contributed by atoms with Crippen molar-refractivity contribution in [2.45, 2.75) is 0 Å². The number of anilines is 1. The zero-order valence-corrected chi connectivity index (χ0v) is 29.3. The van der Waals surface area contributed by atoms with Gasteiger partial charge in [0, 0.05) is 50.6 Å². The van der Waals surface area contributed by atoms with E-state index in [1.54, 1.807) is 72.5 Å². The minimum Gasteiger partial charge on any atom is -0.496 e. The largest absolute Gasteiger partial charge is 0.496 e. The summed E-state index contributed by atoms with van der Waals surface area (Å²) in [6, 6.07) is 28.9. The van der Waals surface area contributed by atoms with Crippen LogP contribution in [0.4, 0.5) is 5.69 Å². The lowest BCUT2D eigenvalue weighted by Gasteiger charge is -2.09. The van der Waals surface area contributed by atoms with Crippen LogP contribution in [0.25, 0.3) is 84.1 Å². The molecule has 0 aliphatic carbocycles. The highest BCUT2D eigenvalue weighted by molar-refractivity contribution is 7.40. The zero-order valence-electron chi connectivity index (χ0n) is 26.9. The van der Waals surface area contributed by atoms with Crippen LogP contribution < -0.4 is 26.5 Å². The molecule has 8 nitrogen and oxygen atoms in total. The molecule has 0 radical (unpaired) electrons. The van der Waals surface area contributed by atoms with Crippen LogP contribution in [0.3, 0.4) is 0 Å². The fourth-order valence-electron chi connectivity index (χ4n) is 6.40. The van der Waals surface area contributed by atoms with Crippen LogP contribution >= 0.6 is 34.0 Å². The van der Waals surface area contributed by atoms with Crippen molar-refractivity contribution in [2.75, 3.05) is 20.0 Å². The van der Waals surface area contributed by atoms with Crippen LogP contribution in [0.2, 0.25) is 0 Å². The number of methoxy groups -OCH3 is 2. The maximum absolute atomic E-state index is 13.0. The van der Waals surface area contributed by atoms with E-state index in [2.05, 4.69) is 18.2 Å². The van der Waals surface area contributed by atoms with Crippen molar-refractivity contribution in [1.29, 1.82) is 0 Å². The van der Waals surface area contributed by atoms with Gasteiger partial charge in [0.25, 0.3) is 0 Å². The van der Waals surface area contributed by atoms with Gasteiger partial charge >= 0.3 is 11.3 Å². The Morgan fingerprint density at radius 1 is 0.640 bits per heavy atom. The van der Waals surface area contributed by atoms with Crippen molar-refractivity contribution in [3.05, 3.63) is 112 Å². The van der Waals surface area contributed by atoms with Gasteiger partial charge in [-0.15, -0.1) is 34.0 Å².